The molecule has 1 amide bonds. The number of amides is 1. The molecule has 1 aliphatic carbocycles. The standard InChI is InChI=1S/C21H26N4O2/c1-15-22-14-18(21(27)23-15)13-20(26)25-10-8-24(9-11-25)19-7-6-16-4-2-3-5-17(16)12-19/h2-5,14,19H,6-13H2,1H3,(H,22,23,27)/t19-/m0/s1. The van der Waals surface area contributed by atoms with Gasteiger partial charge in [0.1, 0.15) is 5.82 Å². The van der Waals surface area contributed by atoms with Crippen LogP contribution in [0.15, 0.2) is 35.3 Å². The molecular weight excluding hydrogens is 340 g/mol. The van der Waals surface area contributed by atoms with Gasteiger partial charge in [-0.3, -0.25) is 14.5 Å². The van der Waals surface area contributed by atoms with Gasteiger partial charge in [-0.05, 0) is 37.3 Å². The third-order valence-corrected chi connectivity index (χ3v) is 5.85. The molecule has 1 aliphatic heterocycles. The first kappa shape index (κ1) is 17.9. The topological polar surface area (TPSA) is 69.3 Å². The number of hydrogen-bond donors (Lipinski definition) is 1. The SMILES string of the molecule is Cc1ncc(CC(=O)N2CCN([C@H]3CCc4ccccc4C3)CC2)c(=O)[nH]1. The number of aromatic amines is 1. The van der Waals surface area contributed by atoms with Crippen LogP contribution in [0.25, 0.3) is 0 Å². The highest BCUT2D eigenvalue weighted by molar-refractivity contribution is 5.78. The molecule has 1 aromatic carbocycles. The van der Waals surface area contributed by atoms with Crippen molar-refractivity contribution in [2.24, 2.45) is 0 Å². The average Bonchev–Trinajstić information content (AvgIpc) is 2.70. The highest BCUT2D eigenvalue weighted by Crippen LogP contribution is 2.25. The molecule has 1 N–H and O–H groups in total. The highest BCUT2D eigenvalue weighted by Gasteiger charge is 2.28. The maximum atomic E-state index is 12.6. The van der Waals surface area contributed by atoms with Crippen LogP contribution in [-0.4, -0.2) is 57.9 Å². The second kappa shape index (κ2) is 7.64. The summed E-state index contributed by atoms with van der Waals surface area (Å²) in [6.07, 6.45) is 5.08. The Morgan fingerprint density at radius 1 is 1.19 bits per heavy atom. The lowest BCUT2D eigenvalue weighted by Crippen LogP contribution is -2.53. The molecule has 0 unspecified atom stereocenters. The maximum Gasteiger partial charge on any atom is 0.254 e. The molecular formula is C21H26N4O2. The van der Waals surface area contributed by atoms with Gasteiger partial charge in [-0.15, -0.1) is 0 Å². The van der Waals surface area contributed by atoms with Crippen molar-refractivity contribution in [2.75, 3.05) is 26.2 Å². The van der Waals surface area contributed by atoms with E-state index in [0.29, 0.717) is 17.4 Å². The van der Waals surface area contributed by atoms with Crippen LogP contribution >= 0.6 is 0 Å². The minimum atomic E-state index is -0.213. The number of nitrogens with zero attached hydrogens (tertiary/aromatic N) is 3. The first-order valence-corrected chi connectivity index (χ1v) is 9.73. The van der Waals surface area contributed by atoms with E-state index in [2.05, 4.69) is 39.1 Å². The van der Waals surface area contributed by atoms with Gasteiger partial charge in [-0.1, -0.05) is 24.3 Å². The van der Waals surface area contributed by atoms with E-state index in [4.69, 9.17) is 0 Å². The first-order valence-electron chi connectivity index (χ1n) is 9.73. The Balaban J connectivity index is 1.32. The summed E-state index contributed by atoms with van der Waals surface area (Å²) in [6, 6.07) is 9.30. The van der Waals surface area contributed by atoms with Gasteiger partial charge < -0.3 is 9.88 Å². The fourth-order valence-corrected chi connectivity index (χ4v) is 4.24. The maximum absolute atomic E-state index is 12.6. The molecule has 0 spiro atoms. The highest BCUT2D eigenvalue weighted by atomic mass is 16.2. The van der Waals surface area contributed by atoms with Crippen LogP contribution in [0.5, 0.6) is 0 Å². The van der Waals surface area contributed by atoms with E-state index in [-0.39, 0.29) is 17.9 Å². The van der Waals surface area contributed by atoms with Gasteiger partial charge in [-0.25, -0.2) is 4.98 Å². The smallest absolute Gasteiger partial charge is 0.254 e. The Morgan fingerprint density at radius 2 is 1.93 bits per heavy atom. The molecule has 0 bridgehead atoms. The first-order chi connectivity index (χ1) is 13.1. The van der Waals surface area contributed by atoms with Crippen molar-refractivity contribution in [2.45, 2.75) is 38.6 Å². The number of hydrogen-bond acceptors (Lipinski definition) is 4. The molecule has 6 heteroatoms. The predicted molar refractivity (Wildman–Crippen MR) is 104 cm³/mol. The molecule has 1 atom stereocenters. The zero-order valence-corrected chi connectivity index (χ0v) is 15.8. The zero-order chi connectivity index (χ0) is 18.8. The van der Waals surface area contributed by atoms with E-state index < -0.39 is 0 Å². The number of nitrogens with one attached hydrogen (secondary N) is 1. The van der Waals surface area contributed by atoms with E-state index in [1.165, 1.54) is 23.7 Å². The Kier molecular flexibility index (Phi) is 5.07. The largest absolute Gasteiger partial charge is 0.340 e. The van der Waals surface area contributed by atoms with Crippen molar-refractivity contribution in [3.8, 4) is 0 Å². The van der Waals surface area contributed by atoms with E-state index >= 15 is 0 Å². The van der Waals surface area contributed by atoms with Gasteiger partial charge in [0.15, 0.2) is 0 Å². The molecule has 6 nitrogen and oxygen atoms in total. The molecule has 0 saturated carbocycles. The number of carbonyl (C=O) groups is 1. The Hall–Kier alpha value is -2.47. The lowest BCUT2D eigenvalue weighted by molar-refractivity contribution is -0.132. The monoisotopic (exact) mass is 366 g/mol. The van der Waals surface area contributed by atoms with Crippen LogP contribution in [0.4, 0.5) is 0 Å². The lowest BCUT2D eigenvalue weighted by atomic mass is 9.87. The van der Waals surface area contributed by atoms with E-state index in [1.807, 2.05) is 4.90 Å². The average molecular weight is 366 g/mol. The predicted octanol–water partition coefficient (Wildman–Crippen LogP) is 1.32. The fourth-order valence-electron chi connectivity index (χ4n) is 4.24. The van der Waals surface area contributed by atoms with Gasteiger partial charge in [0, 0.05) is 44.0 Å². The second-order valence-electron chi connectivity index (χ2n) is 7.58. The summed E-state index contributed by atoms with van der Waals surface area (Å²) >= 11 is 0. The Labute approximate surface area is 159 Å². The third-order valence-electron chi connectivity index (χ3n) is 5.85. The van der Waals surface area contributed by atoms with Gasteiger partial charge >= 0.3 is 0 Å². The van der Waals surface area contributed by atoms with E-state index in [9.17, 15) is 9.59 Å². The van der Waals surface area contributed by atoms with Crippen molar-refractivity contribution >= 4 is 5.91 Å². The van der Waals surface area contributed by atoms with Crippen molar-refractivity contribution < 1.29 is 4.79 Å². The van der Waals surface area contributed by atoms with Crippen LogP contribution in [0.3, 0.4) is 0 Å². The van der Waals surface area contributed by atoms with Crippen LogP contribution < -0.4 is 5.56 Å². The van der Waals surface area contributed by atoms with Crippen molar-refractivity contribution in [3.63, 3.8) is 0 Å². The number of aromatic nitrogens is 2. The van der Waals surface area contributed by atoms with E-state index in [0.717, 1.165) is 39.0 Å². The molecule has 1 fully saturated rings. The molecule has 2 aliphatic rings. The summed E-state index contributed by atoms with van der Waals surface area (Å²) in [7, 11) is 0. The fraction of sp³-hybridized carbons (Fsp3) is 0.476. The quantitative estimate of drug-likeness (QED) is 0.890. The number of piperazine rings is 1. The van der Waals surface area contributed by atoms with Crippen molar-refractivity contribution in [3.05, 3.63) is 63.3 Å². The molecule has 1 saturated heterocycles. The van der Waals surface area contributed by atoms with Crippen molar-refractivity contribution in [1.29, 1.82) is 0 Å². The molecule has 0 radical (unpaired) electrons. The number of H-pyrrole nitrogens is 1. The number of rotatable bonds is 3. The molecule has 1 aromatic heterocycles. The molecule has 2 aromatic rings. The summed E-state index contributed by atoms with van der Waals surface area (Å²) in [6.45, 7) is 5.00. The minimum absolute atomic E-state index is 0.0137. The summed E-state index contributed by atoms with van der Waals surface area (Å²) in [4.78, 5) is 35.7. The minimum Gasteiger partial charge on any atom is -0.340 e. The second-order valence-corrected chi connectivity index (χ2v) is 7.58. The van der Waals surface area contributed by atoms with Crippen LogP contribution in [0.1, 0.15) is 28.9 Å². The number of benzene rings is 1. The molecule has 4 rings (SSSR count). The van der Waals surface area contributed by atoms with Gasteiger partial charge in [-0.2, -0.15) is 0 Å². The van der Waals surface area contributed by atoms with Crippen LogP contribution in [-0.2, 0) is 24.1 Å². The van der Waals surface area contributed by atoms with E-state index in [1.54, 1.807) is 6.92 Å². The number of carbonyl (C=O) groups excluding carboxylic acids is 1. The molecule has 27 heavy (non-hydrogen) atoms. The normalized spacial score (nSPS) is 20.3. The van der Waals surface area contributed by atoms with Crippen molar-refractivity contribution in [1.82, 2.24) is 19.8 Å². The lowest BCUT2D eigenvalue weighted by Gasteiger charge is -2.41. The Morgan fingerprint density at radius 3 is 2.67 bits per heavy atom. The van der Waals surface area contributed by atoms with Crippen LogP contribution in [0.2, 0.25) is 0 Å². The Bertz CT molecular complexity index is 884. The third kappa shape index (κ3) is 3.95. The van der Waals surface area contributed by atoms with Gasteiger partial charge in [0.25, 0.3) is 5.56 Å². The molecule has 142 valence electrons. The number of fused-ring (bicyclic) bond motifs is 1. The summed E-state index contributed by atoms with van der Waals surface area (Å²) < 4.78 is 0. The van der Waals surface area contributed by atoms with Gasteiger partial charge in [0.2, 0.25) is 5.91 Å². The summed E-state index contributed by atoms with van der Waals surface area (Å²) in [5.41, 5.74) is 3.19. The molecule has 2 heterocycles. The summed E-state index contributed by atoms with van der Waals surface area (Å²) in [5.74, 6) is 0.582. The van der Waals surface area contributed by atoms with Gasteiger partial charge in [0.05, 0.1) is 6.42 Å². The summed E-state index contributed by atoms with van der Waals surface area (Å²) in [5, 5.41) is 0. The zero-order valence-electron chi connectivity index (χ0n) is 15.8. The number of aryl methyl sites for hydroxylation is 2. The van der Waals surface area contributed by atoms with Crippen LogP contribution in [0, 0.1) is 6.92 Å².